The van der Waals surface area contributed by atoms with Gasteiger partial charge in [0.15, 0.2) is 0 Å². The molecule has 0 saturated carbocycles. The Morgan fingerprint density at radius 1 is 0.667 bits per heavy atom. The number of aryl methyl sites for hydroxylation is 1. The third-order valence-electron chi connectivity index (χ3n) is 3.69. The zero-order valence-electron chi connectivity index (χ0n) is 13.2. The van der Waals surface area contributed by atoms with Gasteiger partial charge in [-0.15, -0.1) is 0 Å². The van der Waals surface area contributed by atoms with E-state index in [1.165, 1.54) is 0 Å². The fourth-order valence-corrected chi connectivity index (χ4v) is 3.22. The molecule has 118 valence electrons. The van der Waals surface area contributed by atoms with E-state index in [1.54, 1.807) is 36.0 Å². The standard InChI is InChI=1S/C21H16O2S/c1-15-7-5-6-10-19(15)21(23)20(22)16-11-13-18(14-12-16)24-17-8-3-2-4-9-17/h2-14H,1H3. The Labute approximate surface area is 145 Å². The van der Waals surface area contributed by atoms with Crippen molar-refractivity contribution in [3.8, 4) is 0 Å². The van der Waals surface area contributed by atoms with Gasteiger partial charge in [-0.05, 0) is 48.9 Å². The van der Waals surface area contributed by atoms with Crippen LogP contribution < -0.4 is 0 Å². The molecule has 3 aromatic rings. The van der Waals surface area contributed by atoms with Crippen LogP contribution in [0, 0.1) is 6.92 Å². The maximum atomic E-state index is 12.4. The van der Waals surface area contributed by atoms with Gasteiger partial charge in [0, 0.05) is 20.9 Å². The largest absolute Gasteiger partial charge is 0.285 e. The lowest BCUT2D eigenvalue weighted by Gasteiger charge is -2.05. The molecule has 3 aromatic carbocycles. The Hall–Kier alpha value is -2.65. The van der Waals surface area contributed by atoms with Crippen LogP contribution in [-0.4, -0.2) is 11.6 Å². The van der Waals surface area contributed by atoms with Gasteiger partial charge in [-0.3, -0.25) is 9.59 Å². The summed E-state index contributed by atoms with van der Waals surface area (Å²) in [6.07, 6.45) is 0. The average molecular weight is 332 g/mol. The highest BCUT2D eigenvalue weighted by Crippen LogP contribution is 2.27. The van der Waals surface area contributed by atoms with Gasteiger partial charge < -0.3 is 0 Å². The van der Waals surface area contributed by atoms with E-state index in [1.807, 2.05) is 61.5 Å². The van der Waals surface area contributed by atoms with Crippen molar-refractivity contribution in [2.75, 3.05) is 0 Å². The number of ketones is 2. The highest BCUT2D eigenvalue weighted by Gasteiger charge is 2.19. The van der Waals surface area contributed by atoms with Gasteiger partial charge in [-0.1, -0.05) is 54.2 Å². The lowest BCUT2D eigenvalue weighted by atomic mass is 9.98. The van der Waals surface area contributed by atoms with Crippen molar-refractivity contribution in [1.82, 2.24) is 0 Å². The topological polar surface area (TPSA) is 34.1 Å². The summed E-state index contributed by atoms with van der Waals surface area (Å²) in [5.41, 5.74) is 1.69. The molecule has 24 heavy (non-hydrogen) atoms. The van der Waals surface area contributed by atoms with Crippen LogP contribution in [0.4, 0.5) is 0 Å². The molecule has 3 heteroatoms. The summed E-state index contributed by atoms with van der Waals surface area (Å²) in [5, 5.41) is 0. The fraction of sp³-hybridized carbons (Fsp3) is 0.0476. The highest BCUT2D eigenvalue weighted by atomic mass is 32.2. The van der Waals surface area contributed by atoms with Crippen molar-refractivity contribution in [3.05, 3.63) is 95.6 Å². The lowest BCUT2D eigenvalue weighted by Crippen LogP contribution is -2.15. The second-order valence-corrected chi connectivity index (χ2v) is 6.56. The molecule has 0 bridgehead atoms. The molecule has 0 fully saturated rings. The first-order valence-electron chi connectivity index (χ1n) is 7.63. The molecule has 0 aliphatic carbocycles. The van der Waals surface area contributed by atoms with Crippen LogP contribution in [0.2, 0.25) is 0 Å². The van der Waals surface area contributed by atoms with Crippen LogP contribution in [0.1, 0.15) is 26.3 Å². The number of carbonyl (C=O) groups is 2. The van der Waals surface area contributed by atoms with Crippen molar-refractivity contribution in [3.63, 3.8) is 0 Å². The number of benzene rings is 3. The van der Waals surface area contributed by atoms with Gasteiger partial charge in [0.2, 0.25) is 11.6 Å². The molecule has 0 atom stereocenters. The number of hydrogen-bond donors (Lipinski definition) is 0. The highest BCUT2D eigenvalue weighted by molar-refractivity contribution is 7.99. The average Bonchev–Trinajstić information content (AvgIpc) is 2.62. The quantitative estimate of drug-likeness (QED) is 0.475. The second-order valence-electron chi connectivity index (χ2n) is 5.41. The Morgan fingerprint density at radius 3 is 1.92 bits per heavy atom. The van der Waals surface area contributed by atoms with Gasteiger partial charge in [0.25, 0.3) is 0 Å². The van der Waals surface area contributed by atoms with E-state index in [0.717, 1.165) is 15.4 Å². The van der Waals surface area contributed by atoms with Crippen LogP contribution in [0.25, 0.3) is 0 Å². The predicted octanol–water partition coefficient (Wildman–Crippen LogP) is 5.21. The SMILES string of the molecule is Cc1ccccc1C(=O)C(=O)c1ccc(Sc2ccccc2)cc1. The Balaban J connectivity index is 1.77. The summed E-state index contributed by atoms with van der Waals surface area (Å²) in [4.78, 5) is 27.0. The predicted molar refractivity (Wildman–Crippen MR) is 96.8 cm³/mol. The molecule has 0 unspecified atom stereocenters. The first-order chi connectivity index (χ1) is 11.6. The molecule has 0 saturated heterocycles. The van der Waals surface area contributed by atoms with Gasteiger partial charge in [0.1, 0.15) is 0 Å². The third kappa shape index (κ3) is 3.63. The van der Waals surface area contributed by atoms with Gasteiger partial charge in [-0.2, -0.15) is 0 Å². The third-order valence-corrected chi connectivity index (χ3v) is 4.71. The molecule has 0 heterocycles. The maximum absolute atomic E-state index is 12.4. The van der Waals surface area contributed by atoms with Crippen molar-refractivity contribution >= 4 is 23.3 Å². The van der Waals surface area contributed by atoms with Crippen LogP contribution in [0.15, 0.2) is 88.7 Å². The summed E-state index contributed by atoms with van der Waals surface area (Å²) in [5.74, 6) is -0.933. The van der Waals surface area contributed by atoms with Crippen LogP contribution in [0.3, 0.4) is 0 Å². The molecule has 2 nitrogen and oxygen atoms in total. The van der Waals surface area contributed by atoms with Crippen molar-refractivity contribution in [2.24, 2.45) is 0 Å². The van der Waals surface area contributed by atoms with E-state index in [4.69, 9.17) is 0 Å². The van der Waals surface area contributed by atoms with E-state index in [0.29, 0.717) is 11.1 Å². The molecular formula is C21H16O2S. The summed E-state index contributed by atoms with van der Waals surface area (Å²) < 4.78 is 0. The first-order valence-corrected chi connectivity index (χ1v) is 8.44. The van der Waals surface area contributed by atoms with Crippen molar-refractivity contribution < 1.29 is 9.59 Å². The first kappa shape index (κ1) is 16.2. The zero-order valence-corrected chi connectivity index (χ0v) is 14.0. The van der Waals surface area contributed by atoms with E-state index in [2.05, 4.69) is 0 Å². The molecule has 0 N–H and O–H groups in total. The Morgan fingerprint density at radius 2 is 1.25 bits per heavy atom. The van der Waals surface area contributed by atoms with E-state index >= 15 is 0 Å². The number of rotatable bonds is 5. The van der Waals surface area contributed by atoms with E-state index in [-0.39, 0.29) is 0 Å². The Kier molecular flexibility index (Phi) is 4.92. The van der Waals surface area contributed by atoms with Crippen LogP contribution in [-0.2, 0) is 0 Å². The summed E-state index contributed by atoms with van der Waals surface area (Å²) in [6.45, 7) is 1.83. The fourth-order valence-electron chi connectivity index (χ4n) is 2.38. The molecule has 0 radical (unpaired) electrons. The van der Waals surface area contributed by atoms with Crippen molar-refractivity contribution in [1.29, 1.82) is 0 Å². The lowest BCUT2D eigenvalue weighted by molar-refractivity contribution is 0.0816. The molecule has 0 spiro atoms. The molecule has 0 aliphatic rings. The van der Waals surface area contributed by atoms with E-state index in [9.17, 15) is 9.59 Å². The van der Waals surface area contributed by atoms with Crippen LogP contribution in [0.5, 0.6) is 0 Å². The smallest absolute Gasteiger partial charge is 0.233 e. The molecular weight excluding hydrogens is 316 g/mol. The van der Waals surface area contributed by atoms with Gasteiger partial charge >= 0.3 is 0 Å². The molecule has 0 aliphatic heterocycles. The number of carbonyl (C=O) groups excluding carboxylic acids is 2. The Bertz CT molecular complexity index is 868. The monoisotopic (exact) mass is 332 g/mol. The summed E-state index contributed by atoms with van der Waals surface area (Å²) >= 11 is 1.62. The summed E-state index contributed by atoms with van der Waals surface area (Å²) in [6, 6.07) is 24.3. The minimum atomic E-state index is -0.472. The van der Waals surface area contributed by atoms with Gasteiger partial charge in [-0.25, -0.2) is 0 Å². The normalized spacial score (nSPS) is 10.4. The molecule has 0 aromatic heterocycles. The number of Topliss-reactive ketones (excluding diaryl/α,β-unsaturated/α-hetero) is 2. The van der Waals surface area contributed by atoms with E-state index < -0.39 is 11.6 Å². The zero-order chi connectivity index (χ0) is 16.9. The maximum Gasteiger partial charge on any atom is 0.233 e. The second kappa shape index (κ2) is 7.28. The van der Waals surface area contributed by atoms with Crippen molar-refractivity contribution in [2.45, 2.75) is 16.7 Å². The van der Waals surface area contributed by atoms with Crippen LogP contribution >= 0.6 is 11.8 Å². The molecule has 3 rings (SSSR count). The molecule has 0 amide bonds. The summed E-state index contributed by atoms with van der Waals surface area (Å²) in [7, 11) is 0. The minimum Gasteiger partial charge on any atom is -0.285 e. The minimum absolute atomic E-state index is 0.417. The van der Waals surface area contributed by atoms with Gasteiger partial charge in [0.05, 0.1) is 0 Å². The number of hydrogen-bond acceptors (Lipinski definition) is 3.